The Bertz CT molecular complexity index is 740. The first kappa shape index (κ1) is 19.9. The highest BCUT2D eigenvalue weighted by molar-refractivity contribution is 5.94. The lowest BCUT2D eigenvalue weighted by atomic mass is 10.2. The van der Waals surface area contributed by atoms with E-state index in [2.05, 4.69) is 9.88 Å². The van der Waals surface area contributed by atoms with Crippen LogP contribution in [0.4, 0.5) is 0 Å². The van der Waals surface area contributed by atoms with Crippen molar-refractivity contribution in [1.29, 1.82) is 0 Å². The number of carbonyl (C=O) groups is 2. The summed E-state index contributed by atoms with van der Waals surface area (Å²) in [5.41, 5.74) is 1.38. The van der Waals surface area contributed by atoms with Crippen LogP contribution in [-0.4, -0.2) is 83.7 Å². The molecule has 0 aromatic carbocycles. The van der Waals surface area contributed by atoms with Crippen LogP contribution in [0.15, 0.2) is 30.7 Å². The molecule has 2 heterocycles. The van der Waals surface area contributed by atoms with Crippen molar-refractivity contribution in [3.63, 3.8) is 0 Å². The van der Waals surface area contributed by atoms with Crippen LogP contribution < -0.4 is 0 Å². The fourth-order valence-electron chi connectivity index (χ4n) is 2.77. The van der Waals surface area contributed by atoms with Crippen molar-refractivity contribution in [2.75, 3.05) is 47.8 Å². The van der Waals surface area contributed by atoms with E-state index in [4.69, 9.17) is 0 Å². The Hall–Kier alpha value is -2.41. The zero-order chi connectivity index (χ0) is 19.1. The van der Waals surface area contributed by atoms with Crippen molar-refractivity contribution < 1.29 is 9.59 Å². The van der Waals surface area contributed by atoms with Crippen LogP contribution in [0.25, 0.3) is 5.65 Å². The Labute approximate surface area is 155 Å². The van der Waals surface area contributed by atoms with Crippen LogP contribution >= 0.6 is 0 Å². The van der Waals surface area contributed by atoms with Gasteiger partial charge in [0.1, 0.15) is 5.65 Å². The Morgan fingerprint density at radius 1 is 1.00 bits per heavy atom. The van der Waals surface area contributed by atoms with Crippen molar-refractivity contribution in [3.05, 3.63) is 36.3 Å². The number of carbonyl (C=O) groups excluding carboxylic acids is 2. The third-order valence-electron chi connectivity index (χ3n) is 4.40. The fourth-order valence-corrected chi connectivity index (χ4v) is 2.77. The molecule has 0 aliphatic rings. The molecule has 7 heteroatoms. The van der Waals surface area contributed by atoms with E-state index in [1.165, 1.54) is 0 Å². The molecule has 0 atom stereocenters. The van der Waals surface area contributed by atoms with Gasteiger partial charge in [0.2, 0.25) is 5.91 Å². The van der Waals surface area contributed by atoms with Crippen LogP contribution in [0.3, 0.4) is 0 Å². The van der Waals surface area contributed by atoms with Gasteiger partial charge in [0.15, 0.2) is 0 Å². The fraction of sp³-hybridized carbons (Fsp3) is 0.526. The Balaban J connectivity index is 1.75. The van der Waals surface area contributed by atoms with E-state index in [9.17, 15) is 9.59 Å². The second kappa shape index (κ2) is 9.33. The summed E-state index contributed by atoms with van der Waals surface area (Å²) in [4.78, 5) is 34.3. The van der Waals surface area contributed by atoms with Crippen LogP contribution in [-0.2, 0) is 4.79 Å². The molecule has 0 saturated heterocycles. The number of amides is 2. The van der Waals surface area contributed by atoms with Gasteiger partial charge in [0.05, 0.1) is 0 Å². The van der Waals surface area contributed by atoms with Gasteiger partial charge in [-0.25, -0.2) is 4.98 Å². The summed E-state index contributed by atoms with van der Waals surface area (Å²) in [7, 11) is 7.62. The molecule has 2 aromatic rings. The quantitative estimate of drug-likeness (QED) is 0.682. The zero-order valence-electron chi connectivity index (χ0n) is 16.2. The van der Waals surface area contributed by atoms with Crippen LogP contribution in [0.5, 0.6) is 0 Å². The van der Waals surface area contributed by atoms with E-state index in [1.54, 1.807) is 35.2 Å². The number of hydrogen-bond donors (Lipinski definition) is 0. The van der Waals surface area contributed by atoms with Gasteiger partial charge in [-0.15, -0.1) is 0 Å². The van der Waals surface area contributed by atoms with Crippen molar-refractivity contribution in [1.82, 2.24) is 24.1 Å². The van der Waals surface area contributed by atoms with Crippen LogP contribution in [0, 0.1) is 0 Å². The lowest BCUT2D eigenvalue weighted by molar-refractivity contribution is -0.130. The van der Waals surface area contributed by atoms with Gasteiger partial charge < -0.3 is 19.1 Å². The lowest BCUT2D eigenvalue weighted by Gasteiger charge is -2.21. The first-order chi connectivity index (χ1) is 12.4. The minimum absolute atomic E-state index is 0.0320. The number of fused-ring (bicyclic) bond motifs is 1. The van der Waals surface area contributed by atoms with Gasteiger partial charge >= 0.3 is 0 Å². The molecule has 0 unspecified atom stereocenters. The second-order valence-electron chi connectivity index (χ2n) is 6.91. The molecule has 0 fully saturated rings. The molecule has 0 aliphatic heterocycles. The molecule has 2 rings (SSSR count). The van der Waals surface area contributed by atoms with Crippen LogP contribution in [0.2, 0.25) is 0 Å². The van der Waals surface area contributed by atoms with Crippen molar-refractivity contribution >= 4 is 17.5 Å². The minimum atomic E-state index is -0.0320. The van der Waals surface area contributed by atoms with Gasteiger partial charge in [-0.1, -0.05) is 0 Å². The summed E-state index contributed by atoms with van der Waals surface area (Å²) in [6.07, 6.45) is 7.57. The SMILES string of the molecule is CN(C)CCCC(=O)N(C)CCCN(C)C(=O)c1ccn2ccnc2c1. The molecule has 26 heavy (non-hydrogen) atoms. The first-order valence-electron chi connectivity index (χ1n) is 8.95. The number of pyridine rings is 1. The third kappa shape index (κ3) is 5.56. The van der Waals surface area contributed by atoms with Crippen molar-refractivity contribution in [2.45, 2.75) is 19.3 Å². The van der Waals surface area contributed by atoms with Crippen LogP contribution in [0.1, 0.15) is 29.6 Å². The summed E-state index contributed by atoms with van der Waals surface area (Å²) in [6, 6.07) is 3.59. The molecule has 0 bridgehead atoms. The Kier molecular flexibility index (Phi) is 7.15. The second-order valence-corrected chi connectivity index (χ2v) is 6.91. The monoisotopic (exact) mass is 359 g/mol. The van der Waals surface area contributed by atoms with Crippen molar-refractivity contribution in [3.8, 4) is 0 Å². The average molecular weight is 359 g/mol. The smallest absolute Gasteiger partial charge is 0.253 e. The first-order valence-corrected chi connectivity index (χ1v) is 8.95. The summed E-state index contributed by atoms with van der Waals surface area (Å²) in [6.45, 7) is 2.17. The predicted octanol–water partition coefficient (Wildman–Crippen LogP) is 1.60. The molecule has 0 N–H and O–H groups in total. The van der Waals surface area contributed by atoms with E-state index in [0.29, 0.717) is 25.1 Å². The number of nitrogens with zero attached hydrogens (tertiary/aromatic N) is 5. The maximum Gasteiger partial charge on any atom is 0.253 e. The normalized spacial score (nSPS) is 11.1. The highest BCUT2D eigenvalue weighted by Gasteiger charge is 2.14. The zero-order valence-corrected chi connectivity index (χ0v) is 16.2. The number of hydrogen-bond acceptors (Lipinski definition) is 4. The van der Waals surface area contributed by atoms with Gasteiger partial charge in [-0.2, -0.15) is 0 Å². The largest absolute Gasteiger partial charge is 0.346 e. The van der Waals surface area contributed by atoms with Gasteiger partial charge in [0.25, 0.3) is 5.91 Å². The molecule has 0 aliphatic carbocycles. The summed E-state index contributed by atoms with van der Waals surface area (Å²) in [5.74, 6) is 0.126. The molecule has 2 aromatic heterocycles. The highest BCUT2D eigenvalue weighted by Crippen LogP contribution is 2.08. The van der Waals surface area contributed by atoms with Crippen molar-refractivity contribution in [2.24, 2.45) is 0 Å². The molecule has 7 nitrogen and oxygen atoms in total. The van der Waals surface area contributed by atoms with Gasteiger partial charge in [-0.05, 0) is 45.6 Å². The predicted molar refractivity (Wildman–Crippen MR) is 102 cm³/mol. The molecular weight excluding hydrogens is 330 g/mol. The Morgan fingerprint density at radius 3 is 2.46 bits per heavy atom. The summed E-state index contributed by atoms with van der Waals surface area (Å²) in [5, 5.41) is 0. The van der Waals surface area contributed by atoms with E-state index in [-0.39, 0.29) is 11.8 Å². The minimum Gasteiger partial charge on any atom is -0.346 e. The number of rotatable bonds is 9. The average Bonchev–Trinajstić information content (AvgIpc) is 3.07. The Morgan fingerprint density at radius 2 is 1.73 bits per heavy atom. The molecular formula is C19H29N5O2. The summed E-state index contributed by atoms with van der Waals surface area (Å²) >= 11 is 0. The highest BCUT2D eigenvalue weighted by atomic mass is 16.2. The van der Waals surface area contributed by atoms with E-state index in [1.807, 2.05) is 37.9 Å². The topological polar surface area (TPSA) is 61.2 Å². The van der Waals surface area contributed by atoms with Gasteiger partial charge in [-0.3, -0.25) is 9.59 Å². The van der Waals surface area contributed by atoms with E-state index >= 15 is 0 Å². The molecule has 142 valence electrons. The lowest BCUT2D eigenvalue weighted by Crippen LogP contribution is -2.33. The van der Waals surface area contributed by atoms with E-state index in [0.717, 1.165) is 25.0 Å². The summed E-state index contributed by atoms with van der Waals surface area (Å²) < 4.78 is 1.87. The molecule has 2 amide bonds. The molecule has 0 spiro atoms. The number of imidazole rings is 1. The van der Waals surface area contributed by atoms with E-state index < -0.39 is 0 Å². The molecule has 0 radical (unpaired) electrons. The molecule has 0 saturated carbocycles. The standard InChI is InChI=1S/C19H29N5O2/c1-21(2)10-5-7-18(25)22(3)11-6-12-23(4)19(26)16-8-13-24-14-9-20-17(24)15-16/h8-9,13-15H,5-7,10-12H2,1-4H3. The maximum absolute atomic E-state index is 12.5. The third-order valence-corrected chi connectivity index (χ3v) is 4.40. The maximum atomic E-state index is 12.5. The number of aromatic nitrogens is 2. The van der Waals surface area contributed by atoms with Gasteiger partial charge in [0, 0.05) is 57.8 Å².